The molecule has 0 spiro atoms. The molecule has 1 heterocycles. The fourth-order valence-electron chi connectivity index (χ4n) is 3.30. The third-order valence-corrected chi connectivity index (χ3v) is 6.61. The van der Waals surface area contributed by atoms with Crippen LogP contribution in [0.25, 0.3) is 0 Å². The van der Waals surface area contributed by atoms with Gasteiger partial charge < -0.3 is 5.32 Å². The van der Waals surface area contributed by atoms with Gasteiger partial charge in [0.1, 0.15) is 10.7 Å². The van der Waals surface area contributed by atoms with Gasteiger partial charge in [0.25, 0.3) is 15.9 Å². The summed E-state index contributed by atoms with van der Waals surface area (Å²) in [5.41, 5.74) is 1.12. The second-order valence-electron chi connectivity index (χ2n) is 6.68. The van der Waals surface area contributed by atoms with Gasteiger partial charge in [-0.3, -0.25) is 9.10 Å². The molecule has 3 aromatic rings. The maximum atomic E-state index is 14.5. The third kappa shape index (κ3) is 3.52. The molecule has 5 nitrogen and oxygen atoms in total. The van der Waals surface area contributed by atoms with Gasteiger partial charge in [0, 0.05) is 23.9 Å². The topological polar surface area (TPSA) is 66.5 Å². The molecule has 0 saturated heterocycles. The molecular weight excluding hydrogens is 417 g/mol. The normalized spacial score (nSPS) is 13.2. The van der Waals surface area contributed by atoms with E-state index in [9.17, 15) is 26.4 Å². The van der Waals surface area contributed by atoms with Gasteiger partial charge in [-0.05, 0) is 48.4 Å². The second kappa shape index (κ2) is 7.49. The summed E-state index contributed by atoms with van der Waals surface area (Å²) in [7, 11) is -4.26. The molecule has 0 radical (unpaired) electrons. The molecule has 30 heavy (non-hydrogen) atoms. The van der Waals surface area contributed by atoms with Gasteiger partial charge in [0.2, 0.25) is 0 Å². The minimum atomic E-state index is -4.26. The van der Waals surface area contributed by atoms with Crippen molar-refractivity contribution in [1.29, 1.82) is 0 Å². The van der Waals surface area contributed by atoms with Crippen LogP contribution in [-0.4, -0.2) is 20.9 Å². The lowest BCUT2D eigenvalue weighted by Crippen LogP contribution is -2.30. The number of carbonyl (C=O) groups is 1. The Kier molecular flexibility index (Phi) is 4.98. The first-order valence-corrected chi connectivity index (χ1v) is 10.4. The highest BCUT2D eigenvalue weighted by Gasteiger charge is 2.33. The van der Waals surface area contributed by atoms with Crippen molar-refractivity contribution in [3.63, 3.8) is 0 Å². The van der Waals surface area contributed by atoms with E-state index in [1.54, 1.807) is 24.3 Å². The second-order valence-corrected chi connectivity index (χ2v) is 8.51. The van der Waals surface area contributed by atoms with Crippen molar-refractivity contribution >= 4 is 27.3 Å². The van der Waals surface area contributed by atoms with Crippen LogP contribution in [0, 0.1) is 17.5 Å². The summed E-state index contributed by atoms with van der Waals surface area (Å²) in [5, 5.41) is 2.33. The molecule has 154 valence electrons. The zero-order valence-corrected chi connectivity index (χ0v) is 16.2. The smallest absolute Gasteiger partial charge is 0.267 e. The van der Waals surface area contributed by atoms with Gasteiger partial charge in [-0.25, -0.2) is 21.6 Å². The Morgan fingerprint density at radius 1 is 0.900 bits per heavy atom. The molecule has 0 atom stereocenters. The Morgan fingerprint density at radius 3 is 2.40 bits per heavy atom. The molecule has 1 aliphatic rings. The molecule has 4 rings (SSSR count). The molecule has 0 aliphatic carbocycles. The van der Waals surface area contributed by atoms with Crippen LogP contribution >= 0.6 is 0 Å². The molecule has 0 aromatic heterocycles. The van der Waals surface area contributed by atoms with E-state index in [0.717, 1.165) is 46.3 Å². The van der Waals surface area contributed by atoms with Crippen molar-refractivity contribution in [2.75, 3.05) is 16.2 Å². The van der Waals surface area contributed by atoms with Crippen molar-refractivity contribution in [2.24, 2.45) is 0 Å². The first kappa shape index (κ1) is 20.0. The lowest BCUT2D eigenvalue weighted by atomic mass is 10.2. The molecule has 0 bridgehead atoms. The van der Waals surface area contributed by atoms with E-state index < -0.39 is 38.3 Å². The zero-order chi connectivity index (χ0) is 21.5. The Bertz CT molecular complexity index is 1260. The monoisotopic (exact) mass is 432 g/mol. The van der Waals surface area contributed by atoms with Gasteiger partial charge in [-0.1, -0.05) is 18.2 Å². The fourth-order valence-corrected chi connectivity index (χ4v) is 4.89. The Balaban J connectivity index is 1.66. The Hall–Kier alpha value is -3.33. The first-order valence-electron chi connectivity index (χ1n) is 8.94. The number of carbonyl (C=O) groups excluding carboxylic acids is 1. The predicted molar refractivity (Wildman–Crippen MR) is 105 cm³/mol. The Morgan fingerprint density at radius 2 is 1.63 bits per heavy atom. The molecular formula is C21H15F3N2O3S. The van der Waals surface area contributed by atoms with Crippen LogP contribution in [-0.2, 0) is 16.4 Å². The number of nitrogens with one attached hydrogen (secondary N) is 1. The highest BCUT2D eigenvalue weighted by Crippen LogP contribution is 2.33. The number of amides is 1. The predicted octanol–water partition coefficient (Wildman–Crippen LogP) is 4.11. The van der Waals surface area contributed by atoms with E-state index >= 15 is 0 Å². The SMILES string of the molecule is O=C(Nc1ccc(F)c(F)c1)c1ccc(F)c(S(=O)(=O)N2CCc3ccccc32)c1. The third-order valence-electron chi connectivity index (χ3n) is 4.78. The van der Waals surface area contributed by atoms with Crippen molar-refractivity contribution in [3.05, 3.63) is 89.2 Å². The standard InChI is InChI=1S/C21H15F3N2O3S/c22-16-8-6-15(12-18(16)24)25-21(27)14-5-7-17(23)20(11-14)30(28,29)26-10-9-13-3-1-2-4-19(13)26/h1-8,11-12H,9-10H2,(H,25,27). The van der Waals surface area contributed by atoms with Crippen LogP contribution in [0.3, 0.4) is 0 Å². The minimum absolute atomic E-state index is 0.0268. The van der Waals surface area contributed by atoms with Crippen LogP contribution in [0.15, 0.2) is 65.6 Å². The van der Waals surface area contributed by atoms with Crippen molar-refractivity contribution in [2.45, 2.75) is 11.3 Å². The van der Waals surface area contributed by atoms with E-state index in [-0.39, 0.29) is 17.8 Å². The van der Waals surface area contributed by atoms with Gasteiger partial charge >= 0.3 is 0 Å². The summed E-state index contributed by atoms with van der Waals surface area (Å²) in [6.45, 7) is 0.159. The number of hydrogen-bond donors (Lipinski definition) is 1. The van der Waals surface area contributed by atoms with Crippen LogP contribution in [0.4, 0.5) is 24.5 Å². The van der Waals surface area contributed by atoms with Crippen molar-refractivity contribution < 1.29 is 26.4 Å². The zero-order valence-electron chi connectivity index (χ0n) is 15.4. The van der Waals surface area contributed by atoms with Gasteiger partial charge in [0.05, 0.1) is 5.69 Å². The van der Waals surface area contributed by atoms with Crippen LogP contribution in [0.1, 0.15) is 15.9 Å². The summed E-state index contributed by atoms with van der Waals surface area (Å²) in [4.78, 5) is 11.8. The van der Waals surface area contributed by atoms with E-state index in [4.69, 9.17) is 0 Å². The fraction of sp³-hybridized carbons (Fsp3) is 0.0952. The molecule has 0 saturated carbocycles. The van der Waals surface area contributed by atoms with Crippen molar-refractivity contribution in [3.8, 4) is 0 Å². The minimum Gasteiger partial charge on any atom is -0.322 e. The average molecular weight is 432 g/mol. The number of benzene rings is 3. The lowest BCUT2D eigenvalue weighted by Gasteiger charge is -2.20. The summed E-state index contributed by atoms with van der Waals surface area (Å²) in [6, 6.07) is 12.6. The average Bonchev–Trinajstić information content (AvgIpc) is 3.16. The highest BCUT2D eigenvalue weighted by molar-refractivity contribution is 7.92. The molecule has 0 unspecified atom stereocenters. The van der Waals surface area contributed by atoms with E-state index in [1.165, 1.54) is 0 Å². The highest BCUT2D eigenvalue weighted by atomic mass is 32.2. The number of hydrogen-bond acceptors (Lipinski definition) is 3. The lowest BCUT2D eigenvalue weighted by molar-refractivity contribution is 0.102. The molecule has 9 heteroatoms. The van der Waals surface area contributed by atoms with Gasteiger partial charge in [0.15, 0.2) is 11.6 Å². The number of fused-ring (bicyclic) bond motifs is 1. The maximum absolute atomic E-state index is 14.5. The number of rotatable bonds is 4. The molecule has 0 fully saturated rings. The van der Waals surface area contributed by atoms with E-state index in [2.05, 4.69) is 5.32 Å². The van der Waals surface area contributed by atoms with Crippen LogP contribution < -0.4 is 9.62 Å². The van der Waals surface area contributed by atoms with Gasteiger partial charge in [-0.2, -0.15) is 0 Å². The number of para-hydroxylation sites is 1. The maximum Gasteiger partial charge on any atom is 0.267 e. The van der Waals surface area contributed by atoms with E-state index in [1.807, 2.05) is 0 Å². The van der Waals surface area contributed by atoms with Crippen LogP contribution in [0.5, 0.6) is 0 Å². The number of halogens is 3. The molecule has 3 aromatic carbocycles. The number of sulfonamides is 1. The van der Waals surface area contributed by atoms with Gasteiger partial charge in [-0.15, -0.1) is 0 Å². The largest absolute Gasteiger partial charge is 0.322 e. The quantitative estimate of drug-likeness (QED) is 0.675. The molecule has 1 amide bonds. The summed E-state index contributed by atoms with van der Waals surface area (Å²) in [5.74, 6) is -4.01. The molecule has 1 aliphatic heterocycles. The van der Waals surface area contributed by atoms with E-state index in [0.29, 0.717) is 12.1 Å². The van der Waals surface area contributed by atoms with Crippen molar-refractivity contribution in [1.82, 2.24) is 0 Å². The summed E-state index contributed by atoms with van der Waals surface area (Å²) >= 11 is 0. The first-order chi connectivity index (χ1) is 14.3. The molecule has 1 N–H and O–H groups in total. The Labute approximate surface area is 170 Å². The number of anilines is 2. The van der Waals surface area contributed by atoms with Crippen LogP contribution in [0.2, 0.25) is 0 Å². The summed E-state index contributed by atoms with van der Waals surface area (Å²) < 4.78 is 68.1. The summed E-state index contributed by atoms with van der Waals surface area (Å²) in [6.07, 6.45) is 0.493. The number of nitrogens with zero attached hydrogens (tertiary/aromatic N) is 1.